The zero-order valence-electron chi connectivity index (χ0n) is 8.75. The Labute approximate surface area is 99.0 Å². The van der Waals surface area contributed by atoms with Crippen LogP contribution in [0.15, 0.2) is 11.4 Å². The molecule has 1 heterocycles. The van der Waals surface area contributed by atoms with Crippen molar-refractivity contribution in [3.05, 3.63) is 16.3 Å². The predicted molar refractivity (Wildman–Crippen MR) is 55.3 cm³/mol. The Kier molecular flexibility index (Phi) is 4.35. The number of rotatable bonds is 4. The number of aliphatic hydroxyl groups is 1. The van der Waals surface area contributed by atoms with Crippen molar-refractivity contribution in [1.82, 2.24) is 5.32 Å². The van der Waals surface area contributed by atoms with E-state index in [2.05, 4.69) is 0 Å². The summed E-state index contributed by atoms with van der Waals surface area (Å²) in [4.78, 5) is 11.6. The number of halogens is 3. The van der Waals surface area contributed by atoms with Crippen LogP contribution < -0.4 is 10.1 Å². The number of aliphatic hydroxyl groups excluding tert-OH is 1. The van der Waals surface area contributed by atoms with Gasteiger partial charge in [0, 0.05) is 0 Å². The predicted octanol–water partition coefficient (Wildman–Crippen LogP) is 1.41. The van der Waals surface area contributed by atoms with Crippen LogP contribution in [0.25, 0.3) is 0 Å². The topological polar surface area (TPSA) is 58.6 Å². The van der Waals surface area contributed by atoms with Crippen LogP contribution in [0.4, 0.5) is 13.2 Å². The SMILES string of the molecule is COc1ccsc1C(=O)NCC(O)C(F)(F)F. The van der Waals surface area contributed by atoms with Crippen LogP contribution in [0.3, 0.4) is 0 Å². The quantitative estimate of drug-likeness (QED) is 0.869. The highest BCUT2D eigenvalue weighted by Crippen LogP contribution is 2.24. The average Bonchev–Trinajstić information content (AvgIpc) is 2.71. The fourth-order valence-corrected chi connectivity index (χ4v) is 1.78. The summed E-state index contributed by atoms with van der Waals surface area (Å²) in [6.45, 7) is -0.886. The summed E-state index contributed by atoms with van der Waals surface area (Å²) in [6.07, 6.45) is -7.32. The molecule has 1 aromatic heterocycles. The van der Waals surface area contributed by atoms with E-state index in [1.54, 1.807) is 5.38 Å². The Balaban J connectivity index is 2.57. The largest absolute Gasteiger partial charge is 0.495 e. The maximum atomic E-state index is 12.0. The van der Waals surface area contributed by atoms with E-state index in [0.29, 0.717) is 0 Å². The van der Waals surface area contributed by atoms with Gasteiger partial charge in [-0.25, -0.2) is 0 Å². The molecule has 0 aliphatic rings. The summed E-state index contributed by atoms with van der Waals surface area (Å²) in [6, 6.07) is 1.53. The van der Waals surface area contributed by atoms with Crippen molar-refractivity contribution < 1.29 is 27.8 Å². The Morgan fingerprint density at radius 2 is 2.29 bits per heavy atom. The van der Waals surface area contributed by atoms with Crippen molar-refractivity contribution in [2.24, 2.45) is 0 Å². The fourth-order valence-electron chi connectivity index (χ4n) is 1.01. The van der Waals surface area contributed by atoms with Crippen molar-refractivity contribution in [1.29, 1.82) is 0 Å². The maximum absolute atomic E-state index is 12.0. The Bertz CT molecular complexity index is 391. The molecule has 0 saturated heterocycles. The number of carbonyl (C=O) groups is 1. The van der Waals surface area contributed by atoms with E-state index in [1.807, 2.05) is 5.32 Å². The molecule has 0 fully saturated rings. The Hall–Kier alpha value is -1.28. The molecule has 8 heteroatoms. The third kappa shape index (κ3) is 3.60. The molecule has 0 aromatic carbocycles. The number of nitrogens with one attached hydrogen (secondary N) is 1. The van der Waals surface area contributed by atoms with Gasteiger partial charge in [-0.2, -0.15) is 13.2 Å². The highest BCUT2D eigenvalue weighted by atomic mass is 32.1. The van der Waals surface area contributed by atoms with Crippen LogP contribution in [0.5, 0.6) is 5.75 Å². The smallest absolute Gasteiger partial charge is 0.416 e. The molecule has 0 bridgehead atoms. The van der Waals surface area contributed by atoms with Gasteiger partial charge in [0.05, 0.1) is 13.7 Å². The lowest BCUT2D eigenvalue weighted by atomic mass is 10.3. The first-order chi connectivity index (χ1) is 7.86. The lowest BCUT2D eigenvalue weighted by molar-refractivity contribution is -0.201. The minimum atomic E-state index is -4.74. The van der Waals surface area contributed by atoms with Crippen molar-refractivity contribution in [3.8, 4) is 5.75 Å². The van der Waals surface area contributed by atoms with Crippen LogP contribution in [-0.2, 0) is 0 Å². The molecule has 0 aliphatic heterocycles. The van der Waals surface area contributed by atoms with E-state index >= 15 is 0 Å². The van der Waals surface area contributed by atoms with Crippen LogP contribution >= 0.6 is 11.3 Å². The van der Waals surface area contributed by atoms with Gasteiger partial charge in [0.1, 0.15) is 10.6 Å². The number of carbonyl (C=O) groups excluding carboxylic acids is 1. The molecule has 4 nitrogen and oxygen atoms in total. The first-order valence-electron chi connectivity index (χ1n) is 4.50. The lowest BCUT2D eigenvalue weighted by Gasteiger charge is -2.14. The fraction of sp³-hybridized carbons (Fsp3) is 0.444. The normalized spacial score (nSPS) is 13.2. The molecule has 17 heavy (non-hydrogen) atoms. The Morgan fingerprint density at radius 1 is 1.65 bits per heavy atom. The number of methoxy groups -OCH3 is 1. The number of alkyl halides is 3. The first-order valence-corrected chi connectivity index (χ1v) is 5.38. The Morgan fingerprint density at radius 3 is 2.82 bits per heavy atom. The van der Waals surface area contributed by atoms with E-state index in [0.717, 1.165) is 11.3 Å². The van der Waals surface area contributed by atoms with Gasteiger partial charge in [0.25, 0.3) is 5.91 Å². The molecule has 96 valence electrons. The number of ether oxygens (including phenoxy) is 1. The maximum Gasteiger partial charge on any atom is 0.416 e. The van der Waals surface area contributed by atoms with E-state index < -0.39 is 24.7 Å². The van der Waals surface area contributed by atoms with E-state index in [-0.39, 0.29) is 10.6 Å². The van der Waals surface area contributed by atoms with Gasteiger partial charge < -0.3 is 15.2 Å². The molecular weight excluding hydrogens is 259 g/mol. The number of amides is 1. The minimum absolute atomic E-state index is 0.168. The van der Waals surface area contributed by atoms with Crippen molar-refractivity contribution in [3.63, 3.8) is 0 Å². The zero-order valence-corrected chi connectivity index (χ0v) is 9.56. The molecule has 0 aliphatic carbocycles. The van der Waals surface area contributed by atoms with Crippen LogP contribution in [0.2, 0.25) is 0 Å². The average molecular weight is 269 g/mol. The van der Waals surface area contributed by atoms with Crippen molar-refractivity contribution in [2.75, 3.05) is 13.7 Å². The zero-order chi connectivity index (χ0) is 13.1. The number of hydrogen-bond acceptors (Lipinski definition) is 4. The van der Waals surface area contributed by atoms with Gasteiger partial charge >= 0.3 is 6.18 Å². The van der Waals surface area contributed by atoms with Gasteiger partial charge in [-0.15, -0.1) is 11.3 Å². The van der Waals surface area contributed by atoms with Gasteiger partial charge in [0.2, 0.25) is 0 Å². The molecule has 1 rings (SSSR count). The van der Waals surface area contributed by atoms with Crippen molar-refractivity contribution >= 4 is 17.2 Å². The summed E-state index contributed by atoms with van der Waals surface area (Å²) in [5.74, 6) is -0.422. The summed E-state index contributed by atoms with van der Waals surface area (Å²) in [7, 11) is 1.35. The summed E-state index contributed by atoms with van der Waals surface area (Å²) >= 11 is 1.04. The molecule has 0 spiro atoms. The van der Waals surface area contributed by atoms with Gasteiger partial charge in [-0.1, -0.05) is 0 Å². The number of hydrogen-bond donors (Lipinski definition) is 2. The van der Waals surface area contributed by atoms with Crippen LogP contribution in [0.1, 0.15) is 9.67 Å². The van der Waals surface area contributed by atoms with Crippen LogP contribution in [-0.4, -0.2) is 36.9 Å². The second-order valence-electron chi connectivity index (χ2n) is 3.09. The molecule has 0 saturated carbocycles. The molecule has 2 N–H and O–H groups in total. The van der Waals surface area contributed by atoms with E-state index in [9.17, 15) is 18.0 Å². The summed E-state index contributed by atoms with van der Waals surface area (Å²) in [5.41, 5.74) is 0. The monoisotopic (exact) mass is 269 g/mol. The molecular formula is C9H10F3NO3S. The second-order valence-corrected chi connectivity index (χ2v) is 4.00. The van der Waals surface area contributed by atoms with Gasteiger partial charge in [-0.3, -0.25) is 4.79 Å². The lowest BCUT2D eigenvalue weighted by Crippen LogP contribution is -2.40. The highest BCUT2D eigenvalue weighted by molar-refractivity contribution is 7.12. The van der Waals surface area contributed by atoms with Crippen LogP contribution in [0, 0.1) is 0 Å². The molecule has 1 atom stereocenters. The first kappa shape index (κ1) is 13.8. The van der Waals surface area contributed by atoms with E-state index in [4.69, 9.17) is 9.84 Å². The molecule has 1 unspecified atom stereocenters. The number of thiophene rings is 1. The standard InChI is InChI=1S/C9H10F3NO3S/c1-16-5-2-3-17-7(5)8(15)13-4-6(14)9(10,11)12/h2-3,6,14H,4H2,1H3,(H,13,15). The van der Waals surface area contributed by atoms with Crippen molar-refractivity contribution in [2.45, 2.75) is 12.3 Å². The van der Waals surface area contributed by atoms with E-state index in [1.165, 1.54) is 13.2 Å². The third-order valence-corrected chi connectivity index (χ3v) is 2.78. The summed E-state index contributed by atoms with van der Waals surface area (Å²) in [5, 5.41) is 12.3. The highest BCUT2D eigenvalue weighted by Gasteiger charge is 2.38. The van der Waals surface area contributed by atoms with Gasteiger partial charge in [0.15, 0.2) is 6.10 Å². The van der Waals surface area contributed by atoms with Gasteiger partial charge in [-0.05, 0) is 11.4 Å². The minimum Gasteiger partial charge on any atom is -0.495 e. The summed E-state index contributed by atoms with van der Waals surface area (Å²) < 4.78 is 40.7. The molecule has 1 amide bonds. The second kappa shape index (κ2) is 5.37. The molecule has 1 aromatic rings. The molecule has 0 radical (unpaired) electrons. The third-order valence-electron chi connectivity index (χ3n) is 1.89.